The lowest BCUT2D eigenvalue weighted by molar-refractivity contribution is -0.215. The van der Waals surface area contributed by atoms with Crippen molar-refractivity contribution in [2.24, 2.45) is 50.2 Å². The first-order chi connectivity index (χ1) is 15.0. The van der Waals surface area contributed by atoms with Crippen molar-refractivity contribution in [3.05, 3.63) is 11.6 Å². The molecule has 184 valence electrons. The number of carbonyl (C=O) groups is 2. The van der Waals surface area contributed by atoms with Crippen LogP contribution in [-0.2, 0) is 9.59 Å². The van der Waals surface area contributed by atoms with Gasteiger partial charge in [0.25, 0.3) is 0 Å². The molecule has 5 aliphatic carbocycles. The molecule has 33 heavy (non-hydrogen) atoms. The van der Waals surface area contributed by atoms with Crippen LogP contribution in [0.1, 0.15) is 107 Å². The highest BCUT2D eigenvalue weighted by Crippen LogP contribution is 2.74. The standard InChI is InChI=1S/C30H46O3/c1-25(2)11-12-27(5)13-14-29(7)18(19(27)16-25)15-20(31)24-28(6)10-9-22(33)26(3,4)23(28)21(32)17-30(24,29)8/h15,19,21,23-24,32H,9-14,16-17H2,1-8H3/t19-,21+,23+,24+,27+,28-,29+,30+/m0/s1. The van der Waals surface area contributed by atoms with Crippen LogP contribution in [0.3, 0.4) is 0 Å². The predicted molar refractivity (Wildman–Crippen MR) is 131 cm³/mol. The number of ketones is 2. The molecule has 0 radical (unpaired) electrons. The molecule has 0 amide bonds. The Kier molecular flexibility index (Phi) is 4.77. The predicted octanol–water partition coefficient (Wildman–Crippen LogP) is 6.53. The second-order valence-corrected chi connectivity index (χ2v) is 15.2. The fourth-order valence-electron chi connectivity index (χ4n) is 10.3. The number of aliphatic hydroxyl groups excluding tert-OH is 1. The molecule has 1 N–H and O–H groups in total. The van der Waals surface area contributed by atoms with E-state index in [0.717, 1.165) is 19.3 Å². The van der Waals surface area contributed by atoms with E-state index in [1.165, 1.54) is 24.8 Å². The van der Waals surface area contributed by atoms with Crippen LogP contribution >= 0.6 is 0 Å². The van der Waals surface area contributed by atoms with Gasteiger partial charge in [0.2, 0.25) is 0 Å². The Hall–Kier alpha value is -0.960. The minimum absolute atomic E-state index is 0.0796. The molecule has 0 heterocycles. The Morgan fingerprint density at radius 1 is 0.848 bits per heavy atom. The number of allylic oxidation sites excluding steroid dienone is 2. The van der Waals surface area contributed by atoms with Gasteiger partial charge in [0.1, 0.15) is 5.78 Å². The highest BCUT2D eigenvalue weighted by Gasteiger charge is 2.71. The molecule has 4 saturated carbocycles. The summed E-state index contributed by atoms with van der Waals surface area (Å²) in [5, 5.41) is 11.7. The summed E-state index contributed by atoms with van der Waals surface area (Å²) in [6, 6.07) is 0. The molecule has 8 atom stereocenters. The Morgan fingerprint density at radius 3 is 2.15 bits per heavy atom. The van der Waals surface area contributed by atoms with Gasteiger partial charge in [0.05, 0.1) is 6.10 Å². The van der Waals surface area contributed by atoms with Gasteiger partial charge in [-0.2, -0.15) is 0 Å². The summed E-state index contributed by atoms with van der Waals surface area (Å²) in [6.07, 6.45) is 9.38. The van der Waals surface area contributed by atoms with E-state index >= 15 is 0 Å². The number of rotatable bonds is 0. The molecular formula is C30H46O3. The fourth-order valence-corrected chi connectivity index (χ4v) is 10.3. The number of Topliss-reactive ketones (excluding diaryl/α,β-unsaturated/α-hetero) is 1. The molecule has 4 fully saturated rings. The third kappa shape index (κ3) is 2.84. The zero-order valence-corrected chi connectivity index (χ0v) is 22.3. The third-order valence-corrected chi connectivity index (χ3v) is 12.4. The van der Waals surface area contributed by atoms with Gasteiger partial charge in [-0.25, -0.2) is 0 Å². The van der Waals surface area contributed by atoms with Crippen LogP contribution in [-0.4, -0.2) is 22.8 Å². The Bertz CT molecular complexity index is 942. The van der Waals surface area contributed by atoms with Crippen LogP contribution in [0.5, 0.6) is 0 Å². The first-order valence-corrected chi connectivity index (χ1v) is 13.5. The van der Waals surface area contributed by atoms with Gasteiger partial charge in [-0.1, -0.05) is 61.0 Å². The maximum atomic E-state index is 14.2. The molecule has 5 rings (SSSR count). The largest absolute Gasteiger partial charge is 0.393 e. The molecule has 0 aromatic heterocycles. The second kappa shape index (κ2) is 6.62. The molecule has 0 unspecified atom stereocenters. The molecule has 0 aliphatic heterocycles. The van der Waals surface area contributed by atoms with E-state index < -0.39 is 11.5 Å². The van der Waals surface area contributed by atoms with E-state index in [0.29, 0.717) is 24.2 Å². The van der Waals surface area contributed by atoms with E-state index in [1.807, 2.05) is 13.8 Å². The topological polar surface area (TPSA) is 54.4 Å². The van der Waals surface area contributed by atoms with Crippen molar-refractivity contribution >= 4 is 11.6 Å². The number of fused-ring (bicyclic) bond motifs is 7. The SMILES string of the molecule is CC1(C)CC[C@]2(C)CC[C@]3(C)C(=CC(=O)[C@@H]4[C@@]5(C)CCC(=O)C(C)(C)[C@H]5[C@H](O)C[C@]43C)[C@@H]2C1. The minimum atomic E-state index is -0.586. The van der Waals surface area contributed by atoms with Gasteiger partial charge >= 0.3 is 0 Å². The zero-order chi connectivity index (χ0) is 24.4. The second-order valence-electron chi connectivity index (χ2n) is 15.2. The van der Waals surface area contributed by atoms with Gasteiger partial charge in [-0.3, -0.25) is 9.59 Å². The molecule has 0 spiro atoms. The summed E-state index contributed by atoms with van der Waals surface area (Å²) >= 11 is 0. The normalized spacial score (nSPS) is 52.7. The first-order valence-electron chi connectivity index (χ1n) is 13.5. The summed E-state index contributed by atoms with van der Waals surface area (Å²) in [6.45, 7) is 18.3. The van der Waals surface area contributed by atoms with Crippen LogP contribution < -0.4 is 0 Å². The first kappa shape index (κ1) is 23.8. The van der Waals surface area contributed by atoms with E-state index in [9.17, 15) is 14.7 Å². The Morgan fingerprint density at radius 2 is 1.48 bits per heavy atom. The lowest BCUT2D eigenvalue weighted by Gasteiger charge is -2.70. The van der Waals surface area contributed by atoms with Gasteiger partial charge in [-0.15, -0.1) is 0 Å². The third-order valence-electron chi connectivity index (χ3n) is 12.4. The summed E-state index contributed by atoms with van der Waals surface area (Å²) < 4.78 is 0. The molecule has 0 aromatic rings. The van der Waals surface area contributed by atoms with E-state index in [2.05, 4.69) is 47.6 Å². The summed E-state index contributed by atoms with van der Waals surface area (Å²) in [7, 11) is 0. The van der Waals surface area contributed by atoms with Crippen LogP contribution in [0.4, 0.5) is 0 Å². The van der Waals surface area contributed by atoms with Crippen molar-refractivity contribution in [1.29, 1.82) is 0 Å². The monoisotopic (exact) mass is 454 g/mol. The number of hydrogen-bond donors (Lipinski definition) is 1. The molecule has 0 saturated heterocycles. The van der Waals surface area contributed by atoms with Crippen molar-refractivity contribution in [3.8, 4) is 0 Å². The number of carbonyl (C=O) groups excluding carboxylic acids is 2. The van der Waals surface area contributed by atoms with Crippen molar-refractivity contribution in [3.63, 3.8) is 0 Å². The molecule has 3 nitrogen and oxygen atoms in total. The average Bonchev–Trinajstić information content (AvgIpc) is 2.67. The maximum absolute atomic E-state index is 14.2. The lowest BCUT2D eigenvalue weighted by atomic mass is 9.33. The summed E-state index contributed by atoms with van der Waals surface area (Å²) in [4.78, 5) is 27.1. The van der Waals surface area contributed by atoms with Gasteiger partial charge in [-0.05, 0) is 84.0 Å². The maximum Gasteiger partial charge on any atom is 0.159 e. The molecule has 3 heteroatoms. The molecule has 0 aromatic carbocycles. The van der Waals surface area contributed by atoms with Crippen molar-refractivity contribution in [1.82, 2.24) is 0 Å². The van der Waals surface area contributed by atoms with Crippen molar-refractivity contribution in [2.45, 2.75) is 113 Å². The quantitative estimate of drug-likeness (QED) is 0.453. The van der Waals surface area contributed by atoms with E-state index in [1.54, 1.807) is 0 Å². The fraction of sp³-hybridized carbons (Fsp3) is 0.867. The smallest absolute Gasteiger partial charge is 0.159 e. The van der Waals surface area contributed by atoms with E-state index in [4.69, 9.17) is 0 Å². The molecule has 5 aliphatic rings. The van der Waals surface area contributed by atoms with Gasteiger partial charge in [0.15, 0.2) is 5.78 Å². The summed E-state index contributed by atoms with van der Waals surface area (Å²) in [5.41, 5.74) is 0.690. The van der Waals surface area contributed by atoms with Crippen LogP contribution in [0.15, 0.2) is 11.6 Å². The van der Waals surface area contributed by atoms with Crippen LogP contribution in [0, 0.1) is 50.2 Å². The van der Waals surface area contributed by atoms with Gasteiger partial charge in [0, 0.05) is 23.7 Å². The number of hydrogen-bond acceptors (Lipinski definition) is 3. The molecule has 0 bridgehead atoms. The Balaban J connectivity index is 1.66. The minimum Gasteiger partial charge on any atom is -0.393 e. The summed E-state index contributed by atoms with van der Waals surface area (Å²) in [5.74, 6) is 0.696. The van der Waals surface area contributed by atoms with Crippen molar-refractivity contribution in [2.75, 3.05) is 0 Å². The van der Waals surface area contributed by atoms with Crippen LogP contribution in [0.2, 0.25) is 0 Å². The zero-order valence-electron chi connectivity index (χ0n) is 22.3. The highest BCUT2D eigenvalue weighted by atomic mass is 16.3. The number of aliphatic hydroxyl groups is 1. The highest BCUT2D eigenvalue weighted by molar-refractivity contribution is 5.96. The Labute approximate surface area is 201 Å². The molecular weight excluding hydrogens is 408 g/mol. The van der Waals surface area contributed by atoms with Gasteiger partial charge < -0.3 is 5.11 Å². The van der Waals surface area contributed by atoms with E-state index in [-0.39, 0.29) is 45.1 Å². The lowest BCUT2D eigenvalue weighted by Crippen LogP contribution is -2.69. The van der Waals surface area contributed by atoms with Crippen LogP contribution in [0.25, 0.3) is 0 Å². The average molecular weight is 455 g/mol. The van der Waals surface area contributed by atoms with Crippen molar-refractivity contribution < 1.29 is 14.7 Å².